The molecule has 1 unspecified atom stereocenters. The van der Waals surface area contributed by atoms with Crippen LogP contribution in [0.4, 0.5) is 5.69 Å². The molecule has 0 spiro atoms. The highest BCUT2D eigenvalue weighted by molar-refractivity contribution is 5.52. The highest BCUT2D eigenvalue weighted by atomic mass is 16.6. The molecule has 9 nitrogen and oxygen atoms in total. The third-order valence-electron chi connectivity index (χ3n) is 3.23. The van der Waals surface area contributed by atoms with Crippen LogP contribution < -0.4 is 9.47 Å². The molecule has 0 amide bonds. The Morgan fingerprint density at radius 1 is 1.48 bits per heavy atom. The monoisotopic (exact) mass is 322 g/mol. The first kappa shape index (κ1) is 16.7. The molecule has 0 aliphatic rings. The van der Waals surface area contributed by atoms with Gasteiger partial charge >= 0.3 is 11.6 Å². The van der Waals surface area contributed by atoms with E-state index >= 15 is 0 Å². The molecule has 0 radical (unpaired) electrons. The van der Waals surface area contributed by atoms with Gasteiger partial charge < -0.3 is 14.6 Å². The minimum absolute atomic E-state index is 0.0794. The molecule has 0 aliphatic carbocycles. The second-order valence-electron chi connectivity index (χ2n) is 5.04. The normalized spacial score (nSPS) is 12.0. The van der Waals surface area contributed by atoms with E-state index < -0.39 is 4.92 Å². The summed E-state index contributed by atoms with van der Waals surface area (Å²) >= 11 is 0. The van der Waals surface area contributed by atoms with E-state index in [9.17, 15) is 10.1 Å². The van der Waals surface area contributed by atoms with Gasteiger partial charge in [0.2, 0.25) is 5.88 Å². The summed E-state index contributed by atoms with van der Waals surface area (Å²) in [4.78, 5) is 14.8. The average Bonchev–Trinajstić information content (AvgIpc) is 2.88. The molecule has 2 aromatic rings. The molecule has 0 bridgehead atoms. The average molecular weight is 322 g/mol. The van der Waals surface area contributed by atoms with Crippen LogP contribution in [0.3, 0.4) is 0 Å². The zero-order valence-corrected chi connectivity index (χ0v) is 13.1. The summed E-state index contributed by atoms with van der Waals surface area (Å²) in [5.41, 5.74) is 0.551. The Bertz CT molecular complexity index is 700. The third kappa shape index (κ3) is 3.39. The third-order valence-corrected chi connectivity index (χ3v) is 3.23. The minimum atomic E-state index is -0.541. The van der Waals surface area contributed by atoms with Gasteiger partial charge in [0.15, 0.2) is 0 Å². The minimum Gasteiger partial charge on any atom is -0.479 e. The Balaban J connectivity index is 2.47. The molecule has 1 N–H and O–H groups in total. The van der Waals surface area contributed by atoms with Crippen LogP contribution in [0.25, 0.3) is 5.69 Å². The van der Waals surface area contributed by atoms with Crippen LogP contribution in [0.5, 0.6) is 11.8 Å². The number of hydrogen-bond acceptors (Lipinski definition) is 7. The van der Waals surface area contributed by atoms with Crippen molar-refractivity contribution in [3.05, 3.63) is 34.1 Å². The van der Waals surface area contributed by atoms with Crippen molar-refractivity contribution < 1.29 is 19.5 Å². The van der Waals surface area contributed by atoms with Crippen LogP contribution in [-0.4, -0.2) is 45.1 Å². The summed E-state index contributed by atoms with van der Waals surface area (Å²) in [5.74, 6) is 0.0370. The molecule has 0 fully saturated rings. The summed E-state index contributed by atoms with van der Waals surface area (Å²) < 4.78 is 11.9. The topological polar surface area (TPSA) is 113 Å². The van der Waals surface area contributed by atoms with E-state index in [4.69, 9.17) is 14.6 Å². The Hall–Kier alpha value is -2.68. The van der Waals surface area contributed by atoms with Crippen LogP contribution in [0.2, 0.25) is 0 Å². The summed E-state index contributed by atoms with van der Waals surface area (Å²) in [6.07, 6.45) is 1.55. The van der Waals surface area contributed by atoms with Gasteiger partial charge in [0.05, 0.1) is 18.6 Å². The number of aromatic nitrogens is 3. The van der Waals surface area contributed by atoms with Gasteiger partial charge in [0.1, 0.15) is 11.4 Å². The predicted octanol–water partition coefficient (Wildman–Crippen LogP) is 1.50. The highest BCUT2D eigenvalue weighted by Crippen LogP contribution is 2.33. The van der Waals surface area contributed by atoms with Gasteiger partial charge in [-0.3, -0.25) is 10.1 Å². The van der Waals surface area contributed by atoms with Crippen molar-refractivity contribution in [2.75, 3.05) is 20.3 Å². The number of hydrogen-bond donors (Lipinski definition) is 1. The Morgan fingerprint density at radius 2 is 2.22 bits per heavy atom. The lowest BCUT2D eigenvalue weighted by Gasteiger charge is -2.08. The van der Waals surface area contributed by atoms with Gasteiger partial charge in [-0.1, -0.05) is 6.92 Å². The number of rotatable bonds is 7. The SMILES string of the molecule is COc1ncccc1-n1nc(OCC(C)CO)c([N+](=O)[O-])c1C. The standard InChI is InChI=1S/C14H18N4O5/c1-9(7-19)8-23-14-12(18(20)21)10(2)17(16-14)11-5-4-6-15-13(11)22-3/h4-6,9,19H,7-8H2,1-3H3. The number of aliphatic hydroxyl groups excluding tert-OH is 1. The molecule has 2 aromatic heterocycles. The molecule has 0 aromatic carbocycles. The van der Waals surface area contributed by atoms with Crippen LogP contribution >= 0.6 is 0 Å². The van der Waals surface area contributed by atoms with E-state index in [0.717, 1.165) is 0 Å². The molecule has 0 saturated heterocycles. The molecule has 1 atom stereocenters. The molecular formula is C14H18N4O5. The fourth-order valence-electron chi connectivity index (χ4n) is 1.98. The van der Waals surface area contributed by atoms with Crippen molar-refractivity contribution in [2.45, 2.75) is 13.8 Å². The number of ether oxygens (including phenoxy) is 2. The molecule has 124 valence electrons. The maximum absolute atomic E-state index is 11.3. The van der Waals surface area contributed by atoms with Crippen molar-refractivity contribution in [1.82, 2.24) is 14.8 Å². The Labute approximate surface area is 132 Å². The number of pyridine rings is 1. The van der Waals surface area contributed by atoms with Gasteiger partial charge in [-0.15, -0.1) is 5.10 Å². The maximum Gasteiger partial charge on any atom is 0.353 e. The zero-order chi connectivity index (χ0) is 17.0. The number of nitrogens with zero attached hydrogens (tertiary/aromatic N) is 4. The van der Waals surface area contributed by atoms with E-state index in [-0.39, 0.29) is 30.7 Å². The van der Waals surface area contributed by atoms with Crippen molar-refractivity contribution in [3.63, 3.8) is 0 Å². The molecule has 2 heterocycles. The quantitative estimate of drug-likeness (QED) is 0.607. The van der Waals surface area contributed by atoms with E-state index in [2.05, 4.69) is 10.1 Å². The fourth-order valence-corrected chi connectivity index (χ4v) is 1.98. The summed E-state index contributed by atoms with van der Waals surface area (Å²) in [6.45, 7) is 3.38. The Kier molecular flexibility index (Phi) is 5.12. The fraction of sp³-hybridized carbons (Fsp3) is 0.429. The van der Waals surface area contributed by atoms with Crippen LogP contribution in [-0.2, 0) is 0 Å². The van der Waals surface area contributed by atoms with Crippen molar-refractivity contribution in [1.29, 1.82) is 0 Å². The van der Waals surface area contributed by atoms with Gasteiger partial charge in [-0.2, -0.15) is 0 Å². The largest absolute Gasteiger partial charge is 0.479 e. The summed E-state index contributed by atoms with van der Waals surface area (Å²) in [7, 11) is 1.46. The van der Waals surface area contributed by atoms with Crippen molar-refractivity contribution >= 4 is 5.69 Å². The maximum atomic E-state index is 11.3. The highest BCUT2D eigenvalue weighted by Gasteiger charge is 2.28. The van der Waals surface area contributed by atoms with Crippen molar-refractivity contribution in [2.24, 2.45) is 5.92 Å². The number of methoxy groups -OCH3 is 1. The van der Waals surface area contributed by atoms with Gasteiger partial charge in [0.25, 0.3) is 0 Å². The molecule has 0 saturated carbocycles. The van der Waals surface area contributed by atoms with E-state index in [1.165, 1.54) is 11.8 Å². The first-order valence-corrected chi connectivity index (χ1v) is 6.96. The second-order valence-corrected chi connectivity index (χ2v) is 5.04. The lowest BCUT2D eigenvalue weighted by atomic mass is 10.2. The molecule has 2 rings (SSSR count). The van der Waals surface area contributed by atoms with Crippen LogP contribution in [0, 0.1) is 23.0 Å². The predicted molar refractivity (Wildman–Crippen MR) is 81.0 cm³/mol. The lowest BCUT2D eigenvalue weighted by Crippen LogP contribution is -2.13. The molecular weight excluding hydrogens is 304 g/mol. The first-order chi connectivity index (χ1) is 11.0. The second kappa shape index (κ2) is 7.05. The first-order valence-electron chi connectivity index (χ1n) is 6.96. The van der Waals surface area contributed by atoms with Crippen molar-refractivity contribution in [3.8, 4) is 17.4 Å². The van der Waals surface area contributed by atoms with Gasteiger partial charge in [0, 0.05) is 18.7 Å². The zero-order valence-electron chi connectivity index (χ0n) is 13.1. The Morgan fingerprint density at radius 3 is 2.83 bits per heavy atom. The number of nitro groups is 1. The summed E-state index contributed by atoms with van der Waals surface area (Å²) in [5, 5.41) is 24.5. The molecule has 9 heteroatoms. The molecule has 0 aliphatic heterocycles. The van der Waals surface area contributed by atoms with E-state index in [1.807, 2.05) is 0 Å². The van der Waals surface area contributed by atoms with E-state index in [1.54, 1.807) is 32.2 Å². The van der Waals surface area contributed by atoms with E-state index in [0.29, 0.717) is 17.3 Å². The molecule has 23 heavy (non-hydrogen) atoms. The lowest BCUT2D eigenvalue weighted by molar-refractivity contribution is -0.386. The smallest absolute Gasteiger partial charge is 0.353 e. The van der Waals surface area contributed by atoms with Gasteiger partial charge in [-0.25, -0.2) is 9.67 Å². The number of aliphatic hydroxyl groups is 1. The van der Waals surface area contributed by atoms with Crippen LogP contribution in [0.15, 0.2) is 18.3 Å². The van der Waals surface area contributed by atoms with Crippen LogP contribution in [0.1, 0.15) is 12.6 Å². The van der Waals surface area contributed by atoms with Gasteiger partial charge in [-0.05, 0) is 19.1 Å². The summed E-state index contributed by atoms with van der Waals surface area (Å²) in [6, 6.07) is 3.37.